The number of nitrogens with one attached hydrogen (secondary N) is 3. The number of methoxy groups -OCH3 is 1. The van der Waals surface area contributed by atoms with Crippen molar-refractivity contribution in [2.24, 2.45) is 4.99 Å². The Labute approximate surface area is 160 Å². The van der Waals surface area contributed by atoms with E-state index in [0.29, 0.717) is 23.1 Å². The van der Waals surface area contributed by atoms with Crippen molar-refractivity contribution in [3.05, 3.63) is 42.5 Å². The van der Waals surface area contributed by atoms with Gasteiger partial charge < -0.3 is 24.8 Å². The first-order valence-electron chi connectivity index (χ1n) is 8.60. The zero-order valence-corrected chi connectivity index (χ0v) is 15.0. The number of anilines is 2. The lowest BCUT2D eigenvalue weighted by molar-refractivity contribution is -0.123. The Morgan fingerprint density at radius 2 is 1.93 bits per heavy atom. The van der Waals surface area contributed by atoms with Crippen LogP contribution in [0, 0.1) is 0 Å². The van der Waals surface area contributed by atoms with E-state index in [2.05, 4.69) is 20.9 Å². The van der Waals surface area contributed by atoms with Gasteiger partial charge in [0.05, 0.1) is 13.5 Å². The molecule has 9 heteroatoms. The molecule has 3 N–H and O–H groups in total. The Morgan fingerprint density at radius 3 is 2.71 bits per heavy atom. The van der Waals surface area contributed by atoms with Crippen LogP contribution in [0.4, 0.5) is 11.4 Å². The number of ether oxygens (including phenoxy) is 3. The van der Waals surface area contributed by atoms with Gasteiger partial charge in [-0.1, -0.05) is 0 Å². The second kappa shape index (κ2) is 7.47. The second-order valence-corrected chi connectivity index (χ2v) is 6.16. The highest BCUT2D eigenvalue weighted by molar-refractivity contribution is 6.11. The molecule has 28 heavy (non-hydrogen) atoms. The molecular formula is C19H18N4O5. The van der Waals surface area contributed by atoms with E-state index in [1.54, 1.807) is 49.6 Å². The zero-order valence-electron chi connectivity index (χ0n) is 15.0. The van der Waals surface area contributed by atoms with Gasteiger partial charge >= 0.3 is 0 Å². The summed E-state index contributed by atoms with van der Waals surface area (Å²) in [5, 5.41) is 8.38. The maximum Gasteiger partial charge on any atom is 0.252 e. The average Bonchev–Trinajstić information content (AvgIpc) is 3.28. The molecule has 4 rings (SSSR count). The third-order valence-electron chi connectivity index (χ3n) is 4.22. The van der Waals surface area contributed by atoms with Crippen LogP contribution in [-0.2, 0) is 9.59 Å². The number of rotatable bonds is 5. The molecule has 0 fully saturated rings. The summed E-state index contributed by atoms with van der Waals surface area (Å²) in [7, 11) is 1.59. The molecule has 9 nitrogen and oxygen atoms in total. The first kappa shape index (κ1) is 17.7. The van der Waals surface area contributed by atoms with Crippen LogP contribution in [0.5, 0.6) is 17.2 Å². The van der Waals surface area contributed by atoms with Gasteiger partial charge in [-0.15, -0.1) is 0 Å². The highest BCUT2D eigenvalue weighted by Crippen LogP contribution is 2.34. The lowest BCUT2D eigenvalue weighted by Crippen LogP contribution is -2.33. The SMILES string of the molecule is COc1ccc(NC2=N[C@H](CC(=O)Nc3ccc4c(c3)OCO4)C(=O)N2)cc1. The van der Waals surface area contributed by atoms with E-state index in [1.807, 2.05) is 0 Å². The van der Waals surface area contributed by atoms with E-state index in [9.17, 15) is 9.59 Å². The predicted molar refractivity (Wildman–Crippen MR) is 102 cm³/mol. The maximum absolute atomic E-state index is 12.3. The number of benzene rings is 2. The Bertz CT molecular complexity index is 942. The molecule has 0 aromatic heterocycles. The van der Waals surface area contributed by atoms with Crippen LogP contribution >= 0.6 is 0 Å². The number of amides is 2. The number of hydrogen-bond donors (Lipinski definition) is 3. The summed E-state index contributed by atoms with van der Waals surface area (Å²) < 4.78 is 15.6. The van der Waals surface area contributed by atoms with Gasteiger partial charge in [0.25, 0.3) is 5.91 Å². The molecule has 2 aliphatic heterocycles. The summed E-state index contributed by atoms with van der Waals surface area (Å²) in [5.74, 6) is 1.56. The maximum atomic E-state index is 12.3. The standard InChI is InChI=1S/C19H18N4O5/c1-26-13-5-2-11(3-6-13)21-19-22-14(18(25)23-19)9-17(24)20-12-4-7-15-16(8-12)28-10-27-15/h2-8,14H,9-10H2,1H3,(H,20,24)(H2,21,22,23,25)/t14-/m1/s1. The van der Waals surface area contributed by atoms with Crippen molar-refractivity contribution >= 4 is 29.1 Å². The third-order valence-corrected chi connectivity index (χ3v) is 4.22. The molecule has 2 aliphatic rings. The van der Waals surface area contributed by atoms with Crippen LogP contribution in [0.1, 0.15) is 6.42 Å². The highest BCUT2D eigenvalue weighted by atomic mass is 16.7. The molecule has 0 spiro atoms. The third kappa shape index (κ3) is 3.83. The highest BCUT2D eigenvalue weighted by Gasteiger charge is 2.28. The molecule has 2 amide bonds. The van der Waals surface area contributed by atoms with Crippen LogP contribution in [0.15, 0.2) is 47.5 Å². The minimum atomic E-state index is -0.797. The van der Waals surface area contributed by atoms with Crippen LogP contribution in [0.3, 0.4) is 0 Å². The fourth-order valence-corrected chi connectivity index (χ4v) is 2.82. The van der Waals surface area contributed by atoms with E-state index in [4.69, 9.17) is 14.2 Å². The molecule has 2 aromatic carbocycles. The Kier molecular flexibility index (Phi) is 4.71. The fourth-order valence-electron chi connectivity index (χ4n) is 2.82. The number of nitrogens with zero attached hydrogens (tertiary/aromatic N) is 1. The second-order valence-electron chi connectivity index (χ2n) is 6.16. The van der Waals surface area contributed by atoms with Gasteiger partial charge in [-0.2, -0.15) is 0 Å². The average molecular weight is 382 g/mol. The summed E-state index contributed by atoms with van der Waals surface area (Å²) in [5.41, 5.74) is 1.30. The summed E-state index contributed by atoms with van der Waals surface area (Å²) >= 11 is 0. The number of hydrogen-bond acceptors (Lipinski definition) is 7. The quantitative estimate of drug-likeness (QED) is 0.726. The number of carbonyl (C=O) groups excluding carboxylic acids is 2. The molecule has 0 aliphatic carbocycles. The minimum Gasteiger partial charge on any atom is -0.497 e. The van der Waals surface area contributed by atoms with Crippen molar-refractivity contribution in [1.82, 2.24) is 5.32 Å². The monoisotopic (exact) mass is 382 g/mol. The number of aliphatic imine (C=N–C) groups is 1. The number of carbonyl (C=O) groups is 2. The number of fused-ring (bicyclic) bond motifs is 1. The summed E-state index contributed by atoms with van der Waals surface area (Å²) in [4.78, 5) is 28.7. The van der Waals surface area contributed by atoms with Crippen molar-refractivity contribution < 1.29 is 23.8 Å². The normalized spacial score (nSPS) is 17.0. The van der Waals surface area contributed by atoms with Crippen LogP contribution in [0.25, 0.3) is 0 Å². The van der Waals surface area contributed by atoms with Gasteiger partial charge in [0, 0.05) is 17.4 Å². The van der Waals surface area contributed by atoms with E-state index in [-0.39, 0.29) is 25.0 Å². The van der Waals surface area contributed by atoms with Crippen molar-refractivity contribution in [2.45, 2.75) is 12.5 Å². The first-order valence-corrected chi connectivity index (χ1v) is 8.60. The van der Waals surface area contributed by atoms with Crippen molar-refractivity contribution in [3.8, 4) is 17.2 Å². The smallest absolute Gasteiger partial charge is 0.252 e. The molecule has 0 saturated carbocycles. The minimum absolute atomic E-state index is 0.0753. The molecule has 0 saturated heterocycles. The van der Waals surface area contributed by atoms with Gasteiger partial charge in [-0.05, 0) is 36.4 Å². The molecule has 144 valence electrons. The van der Waals surface area contributed by atoms with Crippen LogP contribution in [0.2, 0.25) is 0 Å². The van der Waals surface area contributed by atoms with Gasteiger partial charge in [-0.25, -0.2) is 4.99 Å². The van der Waals surface area contributed by atoms with Crippen molar-refractivity contribution in [3.63, 3.8) is 0 Å². The Morgan fingerprint density at radius 1 is 1.18 bits per heavy atom. The van der Waals surface area contributed by atoms with Crippen molar-refractivity contribution in [2.75, 3.05) is 24.5 Å². The van der Waals surface area contributed by atoms with E-state index < -0.39 is 6.04 Å². The summed E-state index contributed by atoms with van der Waals surface area (Å²) in [6.07, 6.45) is -0.0753. The molecule has 0 bridgehead atoms. The van der Waals surface area contributed by atoms with Gasteiger partial charge in [0.15, 0.2) is 11.5 Å². The van der Waals surface area contributed by atoms with Crippen LogP contribution < -0.4 is 30.2 Å². The lowest BCUT2D eigenvalue weighted by Gasteiger charge is -2.07. The van der Waals surface area contributed by atoms with E-state index in [0.717, 1.165) is 11.4 Å². The topological polar surface area (TPSA) is 110 Å². The summed E-state index contributed by atoms with van der Waals surface area (Å²) in [6, 6.07) is 11.5. The van der Waals surface area contributed by atoms with E-state index in [1.165, 1.54) is 0 Å². The molecule has 1 atom stereocenters. The van der Waals surface area contributed by atoms with Crippen LogP contribution in [-0.4, -0.2) is 37.7 Å². The zero-order chi connectivity index (χ0) is 19.5. The molecular weight excluding hydrogens is 364 g/mol. The Hall–Kier alpha value is -3.75. The lowest BCUT2D eigenvalue weighted by atomic mass is 10.2. The van der Waals surface area contributed by atoms with Crippen molar-refractivity contribution in [1.29, 1.82) is 0 Å². The largest absolute Gasteiger partial charge is 0.497 e. The van der Waals surface area contributed by atoms with Gasteiger partial charge in [0.1, 0.15) is 11.8 Å². The van der Waals surface area contributed by atoms with Gasteiger partial charge in [-0.3, -0.25) is 14.9 Å². The molecule has 0 radical (unpaired) electrons. The first-order chi connectivity index (χ1) is 13.6. The van der Waals surface area contributed by atoms with E-state index >= 15 is 0 Å². The fraction of sp³-hybridized carbons (Fsp3) is 0.211. The molecule has 2 aromatic rings. The number of guanidine groups is 1. The van der Waals surface area contributed by atoms with Gasteiger partial charge in [0.2, 0.25) is 18.7 Å². The molecule has 2 heterocycles. The predicted octanol–water partition coefficient (Wildman–Crippen LogP) is 1.72. The Balaban J connectivity index is 1.35. The summed E-state index contributed by atoms with van der Waals surface area (Å²) in [6.45, 7) is 0.160. The molecule has 0 unspecified atom stereocenters.